The predicted octanol–water partition coefficient (Wildman–Crippen LogP) is 4.00. The van der Waals surface area contributed by atoms with Gasteiger partial charge in [-0.1, -0.05) is 44.2 Å². The summed E-state index contributed by atoms with van der Waals surface area (Å²) in [6.45, 7) is 5.44. The zero-order valence-electron chi connectivity index (χ0n) is 15.7. The van der Waals surface area contributed by atoms with Crippen LogP contribution in [0.4, 0.5) is 0 Å². The molecule has 5 nitrogen and oxygen atoms in total. The van der Waals surface area contributed by atoms with Crippen LogP contribution < -0.4 is 10.5 Å². The average molecular weight is 433 g/mol. The van der Waals surface area contributed by atoms with Crippen LogP contribution in [0.1, 0.15) is 36.2 Å². The van der Waals surface area contributed by atoms with Gasteiger partial charge in [-0.3, -0.25) is 9.59 Å². The second-order valence-electron chi connectivity index (χ2n) is 6.78. The molecule has 0 aliphatic carbocycles. The van der Waals surface area contributed by atoms with Crippen molar-refractivity contribution < 1.29 is 14.3 Å². The number of amides is 2. The lowest BCUT2D eigenvalue weighted by Gasteiger charge is -2.23. The number of carbonyl (C=O) groups is 2. The third kappa shape index (κ3) is 6.71. The van der Waals surface area contributed by atoms with Crippen molar-refractivity contribution in [3.63, 3.8) is 0 Å². The first kappa shape index (κ1) is 21.0. The molecule has 2 amide bonds. The first-order valence-electron chi connectivity index (χ1n) is 8.90. The molecule has 144 valence electrons. The van der Waals surface area contributed by atoms with E-state index in [1.165, 1.54) is 0 Å². The number of carbonyl (C=O) groups excluding carboxylic acids is 2. The number of nitrogens with two attached hydrogens (primary N) is 1. The van der Waals surface area contributed by atoms with Crippen LogP contribution in [0.5, 0.6) is 5.75 Å². The van der Waals surface area contributed by atoms with E-state index in [0.29, 0.717) is 30.4 Å². The fraction of sp³-hybridized carbons (Fsp3) is 0.333. The topological polar surface area (TPSA) is 72.6 Å². The lowest BCUT2D eigenvalue weighted by molar-refractivity contribution is -0.118. The first-order chi connectivity index (χ1) is 12.9. The van der Waals surface area contributed by atoms with Crippen LogP contribution in [0, 0.1) is 5.92 Å². The maximum absolute atomic E-state index is 13.0. The molecule has 0 unspecified atom stereocenters. The van der Waals surface area contributed by atoms with Gasteiger partial charge in [-0.2, -0.15) is 0 Å². The largest absolute Gasteiger partial charge is 0.492 e. The van der Waals surface area contributed by atoms with E-state index in [1.807, 2.05) is 30.3 Å². The summed E-state index contributed by atoms with van der Waals surface area (Å²) >= 11 is 3.47. The van der Waals surface area contributed by atoms with E-state index >= 15 is 0 Å². The fourth-order valence-electron chi connectivity index (χ4n) is 2.49. The number of primary amides is 1. The second-order valence-corrected chi connectivity index (χ2v) is 7.63. The van der Waals surface area contributed by atoms with E-state index in [9.17, 15) is 9.59 Å². The van der Waals surface area contributed by atoms with Gasteiger partial charge in [0.05, 0.1) is 11.1 Å². The first-order valence-corrected chi connectivity index (χ1v) is 9.70. The highest BCUT2D eigenvalue weighted by atomic mass is 79.9. The molecule has 0 bridgehead atoms. The molecule has 2 aromatic carbocycles. The van der Waals surface area contributed by atoms with E-state index in [-0.39, 0.29) is 18.9 Å². The number of halogens is 1. The Bertz CT molecular complexity index is 778. The van der Waals surface area contributed by atoms with Crippen LogP contribution >= 0.6 is 15.9 Å². The Morgan fingerprint density at radius 2 is 1.85 bits per heavy atom. The summed E-state index contributed by atoms with van der Waals surface area (Å²) in [6.07, 6.45) is 0.120. The molecule has 0 saturated carbocycles. The molecule has 0 saturated heterocycles. The minimum absolute atomic E-state index is 0.120. The smallest absolute Gasteiger partial charge is 0.254 e. The quantitative estimate of drug-likeness (QED) is 0.650. The van der Waals surface area contributed by atoms with E-state index in [1.54, 1.807) is 23.1 Å². The highest BCUT2D eigenvalue weighted by Crippen LogP contribution is 2.27. The zero-order chi connectivity index (χ0) is 19.8. The van der Waals surface area contributed by atoms with Gasteiger partial charge in [0.15, 0.2) is 0 Å². The molecule has 2 aromatic rings. The summed E-state index contributed by atoms with van der Waals surface area (Å²) in [4.78, 5) is 25.8. The van der Waals surface area contributed by atoms with Gasteiger partial charge < -0.3 is 15.4 Å². The Kier molecular flexibility index (Phi) is 7.85. The summed E-state index contributed by atoms with van der Waals surface area (Å²) in [6, 6.07) is 14.9. The molecule has 0 fully saturated rings. The van der Waals surface area contributed by atoms with Crippen molar-refractivity contribution in [3.8, 4) is 5.75 Å². The van der Waals surface area contributed by atoms with Crippen molar-refractivity contribution in [2.24, 2.45) is 11.7 Å². The third-order valence-corrected chi connectivity index (χ3v) is 4.50. The van der Waals surface area contributed by atoms with Crippen molar-refractivity contribution in [1.29, 1.82) is 0 Å². The molecule has 0 radical (unpaired) electrons. The standard InChI is InChI=1S/C21H25BrN2O3/c1-15(2)14-27-19-9-8-17(12-18(19)22)21(26)24(11-10-20(23)25)13-16-6-4-3-5-7-16/h3-9,12,15H,10-11,13-14H2,1-2H3,(H2,23,25). The molecule has 0 aliphatic heterocycles. The zero-order valence-corrected chi connectivity index (χ0v) is 17.2. The molecule has 0 aromatic heterocycles. The third-order valence-electron chi connectivity index (χ3n) is 3.88. The Morgan fingerprint density at radius 1 is 1.15 bits per heavy atom. The van der Waals surface area contributed by atoms with Crippen LogP contribution in [0.3, 0.4) is 0 Å². The van der Waals surface area contributed by atoms with Gasteiger partial charge >= 0.3 is 0 Å². The average Bonchev–Trinajstić information content (AvgIpc) is 2.64. The number of ether oxygens (including phenoxy) is 1. The Labute approximate surface area is 168 Å². The summed E-state index contributed by atoms with van der Waals surface area (Å²) in [5.74, 6) is 0.524. The van der Waals surface area contributed by atoms with Gasteiger partial charge in [0.25, 0.3) is 5.91 Å². The van der Waals surface area contributed by atoms with Crippen molar-refractivity contribution in [2.45, 2.75) is 26.8 Å². The second kappa shape index (κ2) is 10.1. The van der Waals surface area contributed by atoms with Crippen LogP contribution in [0.25, 0.3) is 0 Å². The number of nitrogens with zero attached hydrogens (tertiary/aromatic N) is 1. The molecule has 0 atom stereocenters. The van der Waals surface area contributed by atoms with Crippen LogP contribution in [0.2, 0.25) is 0 Å². The van der Waals surface area contributed by atoms with Gasteiger partial charge in [-0.25, -0.2) is 0 Å². The lowest BCUT2D eigenvalue weighted by Crippen LogP contribution is -2.33. The fourth-order valence-corrected chi connectivity index (χ4v) is 2.98. The van der Waals surface area contributed by atoms with E-state index in [0.717, 1.165) is 10.0 Å². The van der Waals surface area contributed by atoms with Gasteiger partial charge in [0.2, 0.25) is 5.91 Å². The molecule has 6 heteroatoms. The van der Waals surface area contributed by atoms with Crippen LogP contribution in [-0.2, 0) is 11.3 Å². The Morgan fingerprint density at radius 3 is 2.44 bits per heavy atom. The van der Waals surface area contributed by atoms with Crippen molar-refractivity contribution in [2.75, 3.05) is 13.2 Å². The normalized spacial score (nSPS) is 10.7. The number of hydrogen-bond donors (Lipinski definition) is 1. The van der Waals surface area contributed by atoms with Gasteiger partial charge in [0, 0.05) is 25.1 Å². The number of rotatable bonds is 9. The molecule has 0 aliphatic rings. The highest BCUT2D eigenvalue weighted by molar-refractivity contribution is 9.10. The Hall–Kier alpha value is -2.34. The summed E-state index contributed by atoms with van der Waals surface area (Å²) in [5.41, 5.74) is 6.79. The monoisotopic (exact) mass is 432 g/mol. The number of benzene rings is 2. The van der Waals surface area contributed by atoms with Crippen LogP contribution in [0.15, 0.2) is 53.0 Å². The molecular formula is C21H25BrN2O3. The van der Waals surface area contributed by atoms with E-state index in [4.69, 9.17) is 10.5 Å². The summed E-state index contributed by atoms with van der Waals surface area (Å²) in [5, 5.41) is 0. The van der Waals surface area contributed by atoms with Gasteiger partial charge in [-0.15, -0.1) is 0 Å². The molecular weight excluding hydrogens is 408 g/mol. The lowest BCUT2D eigenvalue weighted by atomic mass is 10.1. The number of hydrogen-bond acceptors (Lipinski definition) is 3. The summed E-state index contributed by atoms with van der Waals surface area (Å²) < 4.78 is 6.46. The SMILES string of the molecule is CC(C)COc1ccc(C(=O)N(CCC(N)=O)Cc2ccccc2)cc1Br. The molecule has 2 N–H and O–H groups in total. The van der Waals surface area contributed by atoms with Crippen molar-refractivity contribution in [3.05, 3.63) is 64.1 Å². The van der Waals surface area contributed by atoms with E-state index < -0.39 is 5.91 Å². The molecule has 0 spiro atoms. The summed E-state index contributed by atoms with van der Waals surface area (Å²) in [7, 11) is 0. The minimum atomic E-state index is -0.431. The highest BCUT2D eigenvalue weighted by Gasteiger charge is 2.18. The molecule has 0 heterocycles. The maximum Gasteiger partial charge on any atom is 0.254 e. The molecule has 27 heavy (non-hydrogen) atoms. The van der Waals surface area contributed by atoms with Crippen molar-refractivity contribution in [1.82, 2.24) is 4.90 Å². The van der Waals surface area contributed by atoms with Crippen molar-refractivity contribution >= 4 is 27.7 Å². The maximum atomic E-state index is 13.0. The molecule has 2 rings (SSSR count). The Balaban J connectivity index is 2.17. The van der Waals surface area contributed by atoms with Crippen LogP contribution in [-0.4, -0.2) is 29.9 Å². The van der Waals surface area contributed by atoms with Gasteiger partial charge in [0.1, 0.15) is 5.75 Å². The predicted molar refractivity (Wildman–Crippen MR) is 109 cm³/mol. The minimum Gasteiger partial charge on any atom is -0.492 e. The van der Waals surface area contributed by atoms with E-state index in [2.05, 4.69) is 29.8 Å². The van der Waals surface area contributed by atoms with Gasteiger partial charge in [-0.05, 0) is 45.6 Å².